The highest BCUT2D eigenvalue weighted by Gasteiger charge is 2.24. The van der Waals surface area contributed by atoms with Gasteiger partial charge >= 0.3 is 0 Å². The lowest BCUT2D eigenvalue weighted by molar-refractivity contribution is 0.0111. The van der Waals surface area contributed by atoms with Gasteiger partial charge in [0.1, 0.15) is 0 Å². The van der Waals surface area contributed by atoms with Gasteiger partial charge in [0.15, 0.2) is 0 Å². The molecule has 134 valence electrons. The second-order valence-electron chi connectivity index (χ2n) is 6.28. The van der Waals surface area contributed by atoms with Crippen molar-refractivity contribution in [1.29, 1.82) is 0 Å². The van der Waals surface area contributed by atoms with E-state index >= 15 is 0 Å². The number of benzene rings is 1. The zero-order valence-electron chi connectivity index (χ0n) is 14.6. The van der Waals surface area contributed by atoms with Crippen molar-refractivity contribution in [1.82, 2.24) is 14.8 Å². The number of rotatable bonds is 6. The Morgan fingerprint density at radius 2 is 2.04 bits per heavy atom. The standard InChI is InChI=1S/C19H25N3O3/c1-2-25-14-15(23)13-21-9-11-22(12-10-21)19(24)17-5-3-7-18-16(17)6-4-8-20-18/h3-8,15,23H,2,9-14H2,1H3/t15-/m0/s1. The number of β-amino-alcohol motifs (C(OH)–C–C–N with tert-alkyl or cyclic N) is 1. The van der Waals surface area contributed by atoms with Gasteiger partial charge in [0.05, 0.1) is 18.2 Å². The number of nitrogens with zero attached hydrogens (tertiary/aromatic N) is 3. The van der Waals surface area contributed by atoms with Gasteiger partial charge in [0.2, 0.25) is 0 Å². The van der Waals surface area contributed by atoms with Crippen molar-refractivity contribution in [3.8, 4) is 0 Å². The van der Waals surface area contributed by atoms with Gasteiger partial charge in [-0.15, -0.1) is 0 Å². The summed E-state index contributed by atoms with van der Waals surface area (Å²) in [4.78, 5) is 21.3. The van der Waals surface area contributed by atoms with Crippen molar-refractivity contribution in [3.63, 3.8) is 0 Å². The topological polar surface area (TPSA) is 65.9 Å². The molecule has 1 fully saturated rings. The summed E-state index contributed by atoms with van der Waals surface area (Å²) in [6.07, 6.45) is 1.26. The summed E-state index contributed by atoms with van der Waals surface area (Å²) in [5.74, 6) is 0.0492. The van der Waals surface area contributed by atoms with Crippen molar-refractivity contribution in [2.75, 3.05) is 45.9 Å². The molecule has 6 heteroatoms. The molecule has 1 aliphatic rings. The van der Waals surface area contributed by atoms with Gasteiger partial charge in [0.25, 0.3) is 5.91 Å². The fourth-order valence-corrected chi connectivity index (χ4v) is 3.20. The highest BCUT2D eigenvalue weighted by molar-refractivity contribution is 6.06. The van der Waals surface area contributed by atoms with Crippen molar-refractivity contribution >= 4 is 16.8 Å². The summed E-state index contributed by atoms with van der Waals surface area (Å²) in [5, 5.41) is 10.8. The number of hydrogen-bond acceptors (Lipinski definition) is 5. The fourth-order valence-electron chi connectivity index (χ4n) is 3.20. The summed E-state index contributed by atoms with van der Waals surface area (Å²) >= 11 is 0. The molecule has 0 spiro atoms. The molecule has 2 heterocycles. The van der Waals surface area contributed by atoms with E-state index < -0.39 is 6.10 Å². The second kappa shape index (κ2) is 8.38. The van der Waals surface area contributed by atoms with E-state index in [1.807, 2.05) is 42.2 Å². The zero-order chi connectivity index (χ0) is 17.6. The number of aliphatic hydroxyl groups is 1. The van der Waals surface area contributed by atoms with Crippen LogP contribution in [0.25, 0.3) is 10.9 Å². The molecule has 1 amide bonds. The highest BCUT2D eigenvalue weighted by Crippen LogP contribution is 2.19. The number of carbonyl (C=O) groups is 1. The van der Waals surface area contributed by atoms with Crippen LogP contribution >= 0.6 is 0 Å². The van der Waals surface area contributed by atoms with Gasteiger partial charge in [0, 0.05) is 56.5 Å². The third kappa shape index (κ3) is 4.34. The first-order valence-electron chi connectivity index (χ1n) is 8.80. The summed E-state index contributed by atoms with van der Waals surface area (Å²) < 4.78 is 5.25. The summed E-state index contributed by atoms with van der Waals surface area (Å²) in [7, 11) is 0. The molecule has 0 unspecified atom stereocenters. The maximum absolute atomic E-state index is 12.9. The van der Waals surface area contributed by atoms with Crippen LogP contribution < -0.4 is 0 Å². The minimum Gasteiger partial charge on any atom is -0.389 e. The van der Waals surface area contributed by atoms with E-state index in [0.29, 0.717) is 38.4 Å². The molecule has 6 nitrogen and oxygen atoms in total. The zero-order valence-corrected chi connectivity index (χ0v) is 14.6. The molecule has 3 rings (SSSR count). The molecule has 0 saturated carbocycles. The molecular formula is C19H25N3O3. The van der Waals surface area contributed by atoms with Crippen molar-refractivity contribution in [2.24, 2.45) is 0 Å². The van der Waals surface area contributed by atoms with Gasteiger partial charge in [-0.05, 0) is 25.1 Å². The Balaban J connectivity index is 1.60. The van der Waals surface area contributed by atoms with Crippen LogP contribution in [-0.2, 0) is 4.74 Å². The number of piperazine rings is 1. The summed E-state index contributed by atoms with van der Waals surface area (Å²) in [5.41, 5.74) is 1.54. The third-order valence-electron chi connectivity index (χ3n) is 4.52. The largest absolute Gasteiger partial charge is 0.389 e. The number of aliphatic hydroxyl groups excluding tert-OH is 1. The number of carbonyl (C=O) groups excluding carboxylic acids is 1. The predicted octanol–water partition coefficient (Wildman–Crippen LogP) is 1.39. The van der Waals surface area contributed by atoms with Gasteiger partial charge in [-0.1, -0.05) is 12.1 Å². The first kappa shape index (κ1) is 17.8. The molecule has 1 aromatic carbocycles. The average molecular weight is 343 g/mol. The number of pyridine rings is 1. The molecular weight excluding hydrogens is 318 g/mol. The van der Waals surface area contributed by atoms with Crippen molar-refractivity contribution < 1.29 is 14.6 Å². The van der Waals surface area contributed by atoms with Crippen LogP contribution in [0.1, 0.15) is 17.3 Å². The molecule has 0 bridgehead atoms. The highest BCUT2D eigenvalue weighted by atomic mass is 16.5. The molecule has 25 heavy (non-hydrogen) atoms. The Bertz CT molecular complexity index is 709. The Labute approximate surface area is 148 Å². The van der Waals surface area contributed by atoms with E-state index in [0.717, 1.165) is 24.0 Å². The van der Waals surface area contributed by atoms with E-state index in [1.54, 1.807) is 6.20 Å². The molecule has 1 aromatic heterocycles. The van der Waals surface area contributed by atoms with Gasteiger partial charge in [-0.3, -0.25) is 14.7 Å². The number of amides is 1. The number of ether oxygens (including phenoxy) is 1. The van der Waals surface area contributed by atoms with Crippen LogP contribution in [0, 0.1) is 0 Å². The minimum atomic E-state index is -0.480. The SMILES string of the molecule is CCOC[C@@H](O)CN1CCN(C(=O)c2cccc3ncccc23)CC1. The quantitative estimate of drug-likeness (QED) is 0.859. The lowest BCUT2D eigenvalue weighted by Gasteiger charge is -2.35. The molecule has 1 aliphatic heterocycles. The molecule has 1 saturated heterocycles. The number of aromatic nitrogens is 1. The van der Waals surface area contributed by atoms with E-state index in [2.05, 4.69) is 9.88 Å². The van der Waals surface area contributed by atoms with Crippen LogP contribution in [0.5, 0.6) is 0 Å². The van der Waals surface area contributed by atoms with E-state index in [-0.39, 0.29) is 5.91 Å². The van der Waals surface area contributed by atoms with Crippen LogP contribution in [0.3, 0.4) is 0 Å². The lowest BCUT2D eigenvalue weighted by atomic mass is 10.1. The Kier molecular flexibility index (Phi) is 5.96. The number of hydrogen-bond donors (Lipinski definition) is 1. The van der Waals surface area contributed by atoms with E-state index in [1.165, 1.54) is 0 Å². The average Bonchev–Trinajstić information content (AvgIpc) is 2.66. The third-order valence-corrected chi connectivity index (χ3v) is 4.52. The maximum Gasteiger partial charge on any atom is 0.254 e. The molecule has 1 atom stereocenters. The van der Waals surface area contributed by atoms with E-state index in [4.69, 9.17) is 4.74 Å². The Morgan fingerprint density at radius 1 is 1.24 bits per heavy atom. The predicted molar refractivity (Wildman–Crippen MR) is 96.6 cm³/mol. The molecule has 0 aliphatic carbocycles. The maximum atomic E-state index is 12.9. The van der Waals surface area contributed by atoms with Gasteiger partial charge in [-0.2, -0.15) is 0 Å². The first-order valence-corrected chi connectivity index (χ1v) is 8.80. The first-order chi connectivity index (χ1) is 12.2. The summed E-state index contributed by atoms with van der Waals surface area (Å²) in [6, 6.07) is 9.46. The summed E-state index contributed by atoms with van der Waals surface area (Å²) in [6.45, 7) is 6.32. The van der Waals surface area contributed by atoms with Crippen molar-refractivity contribution in [2.45, 2.75) is 13.0 Å². The van der Waals surface area contributed by atoms with Crippen LogP contribution in [0.15, 0.2) is 36.5 Å². The second-order valence-corrected chi connectivity index (χ2v) is 6.28. The smallest absolute Gasteiger partial charge is 0.254 e. The van der Waals surface area contributed by atoms with Gasteiger partial charge < -0.3 is 14.7 Å². The Hall–Kier alpha value is -2.02. The van der Waals surface area contributed by atoms with Crippen molar-refractivity contribution in [3.05, 3.63) is 42.1 Å². The monoisotopic (exact) mass is 343 g/mol. The number of fused-ring (bicyclic) bond motifs is 1. The van der Waals surface area contributed by atoms with Crippen LogP contribution in [0.2, 0.25) is 0 Å². The van der Waals surface area contributed by atoms with Crippen LogP contribution in [-0.4, -0.2) is 77.8 Å². The fraction of sp³-hybridized carbons (Fsp3) is 0.474. The lowest BCUT2D eigenvalue weighted by Crippen LogP contribution is -2.50. The normalized spacial score (nSPS) is 17.0. The molecule has 0 radical (unpaired) electrons. The van der Waals surface area contributed by atoms with Crippen LogP contribution in [0.4, 0.5) is 0 Å². The molecule has 2 aromatic rings. The van der Waals surface area contributed by atoms with Gasteiger partial charge in [-0.25, -0.2) is 0 Å². The molecule has 1 N–H and O–H groups in total. The minimum absolute atomic E-state index is 0.0492. The Morgan fingerprint density at radius 3 is 2.80 bits per heavy atom. The van der Waals surface area contributed by atoms with E-state index in [9.17, 15) is 9.90 Å².